The largest absolute Gasteiger partial charge is 0.0851 e. The lowest BCUT2D eigenvalue weighted by Gasteiger charge is -2.25. The average Bonchev–Trinajstić information content (AvgIpc) is 2.91. The van der Waals surface area contributed by atoms with Gasteiger partial charge in [0.2, 0.25) is 0 Å². The van der Waals surface area contributed by atoms with Crippen LogP contribution in [0.4, 0.5) is 0 Å². The molecule has 2 aliphatic carbocycles. The molecule has 3 rings (SSSR count). The highest BCUT2D eigenvalue weighted by Crippen LogP contribution is 2.49. The summed E-state index contributed by atoms with van der Waals surface area (Å²) in [7, 11) is 0. The minimum atomic E-state index is 0.728. The molecule has 1 saturated carbocycles. The highest BCUT2D eigenvalue weighted by atomic mass is 14.4. The molecule has 0 spiro atoms. The molecule has 1 aromatic carbocycles. The summed E-state index contributed by atoms with van der Waals surface area (Å²) in [6, 6.07) is 11.0. The van der Waals surface area contributed by atoms with Crippen LogP contribution in [0.2, 0.25) is 0 Å². The van der Waals surface area contributed by atoms with Crippen LogP contribution in [0.1, 0.15) is 31.2 Å². The van der Waals surface area contributed by atoms with Gasteiger partial charge >= 0.3 is 0 Å². The Morgan fingerprint density at radius 3 is 2.47 bits per heavy atom. The molecule has 0 aromatic heterocycles. The van der Waals surface area contributed by atoms with Crippen LogP contribution in [0.15, 0.2) is 42.5 Å². The van der Waals surface area contributed by atoms with E-state index in [9.17, 15) is 0 Å². The summed E-state index contributed by atoms with van der Waals surface area (Å²) in [6.45, 7) is 2.40. The van der Waals surface area contributed by atoms with E-state index in [1.807, 2.05) is 0 Å². The highest BCUT2D eigenvalue weighted by Gasteiger charge is 2.38. The fourth-order valence-electron chi connectivity index (χ4n) is 3.40. The molecular weight excluding hydrogens is 180 g/mol. The molecule has 0 saturated heterocycles. The second-order valence-corrected chi connectivity index (χ2v) is 5.14. The topological polar surface area (TPSA) is 0 Å². The first-order valence-electron chi connectivity index (χ1n) is 6.08. The number of rotatable bonds is 2. The molecule has 78 valence electrons. The molecule has 0 N–H and O–H groups in total. The van der Waals surface area contributed by atoms with E-state index >= 15 is 0 Å². The predicted octanol–water partition coefficient (Wildman–Crippen LogP) is 4.00. The lowest BCUT2D eigenvalue weighted by atomic mass is 9.79. The average molecular weight is 198 g/mol. The molecule has 0 heteroatoms. The molecule has 0 heterocycles. The molecule has 15 heavy (non-hydrogen) atoms. The fourth-order valence-corrected chi connectivity index (χ4v) is 3.40. The summed E-state index contributed by atoms with van der Waals surface area (Å²) in [5, 5.41) is 0. The van der Waals surface area contributed by atoms with E-state index in [0.29, 0.717) is 0 Å². The number of benzene rings is 1. The summed E-state index contributed by atoms with van der Waals surface area (Å²) >= 11 is 0. The van der Waals surface area contributed by atoms with E-state index in [1.165, 1.54) is 18.4 Å². The third kappa shape index (κ3) is 1.52. The molecule has 4 atom stereocenters. The van der Waals surface area contributed by atoms with Gasteiger partial charge in [-0.05, 0) is 42.1 Å². The molecule has 1 aromatic rings. The minimum absolute atomic E-state index is 0.728. The van der Waals surface area contributed by atoms with E-state index < -0.39 is 0 Å². The molecule has 0 nitrogen and oxygen atoms in total. The van der Waals surface area contributed by atoms with Gasteiger partial charge in [0.05, 0.1) is 0 Å². The van der Waals surface area contributed by atoms with E-state index in [1.54, 1.807) is 0 Å². The standard InChI is InChI=1S/C15H18/c1-11(13-5-3-2-4-6-13)15-10-12-7-8-14(15)9-12/h2-8,11-12,14-15H,9-10H2,1H3. The molecular formula is C15H18. The summed E-state index contributed by atoms with van der Waals surface area (Å²) in [6.07, 6.45) is 7.72. The van der Waals surface area contributed by atoms with Gasteiger partial charge in [-0.2, -0.15) is 0 Å². The Kier molecular flexibility index (Phi) is 2.16. The smallest absolute Gasteiger partial charge is 0.0156 e. The second kappa shape index (κ2) is 3.52. The van der Waals surface area contributed by atoms with Gasteiger partial charge in [0.25, 0.3) is 0 Å². The van der Waals surface area contributed by atoms with E-state index in [0.717, 1.165) is 23.7 Å². The number of allylic oxidation sites excluding steroid dienone is 2. The molecule has 0 radical (unpaired) electrons. The molecule has 0 aliphatic heterocycles. The third-order valence-electron chi connectivity index (χ3n) is 4.30. The van der Waals surface area contributed by atoms with Gasteiger partial charge < -0.3 is 0 Å². The molecule has 4 unspecified atom stereocenters. The fraction of sp³-hybridized carbons (Fsp3) is 0.467. The van der Waals surface area contributed by atoms with Crippen molar-refractivity contribution in [3.8, 4) is 0 Å². The normalized spacial score (nSPS) is 34.6. The van der Waals surface area contributed by atoms with Gasteiger partial charge in [-0.1, -0.05) is 49.4 Å². The van der Waals surface area contributed by atoms with Crippen molar-refractivity contribution in [3.63, 3.8) is 0 Å². The van der Waals surface area contributed by atoms with Gasteiger partial charge in [0.15, 0.2) is 0 Å². The van der Waals surface area contributed by atoms with Crippen molar-refractivity contribution in [2.45, 2.75) is 25.7 Å². The van der Waals surface area contributed by atoms with Crippen molar-refractivity contribution >= 4 is 0 Å². The van der Waals surface area contributed by atoms with Crippen molar-refractivity contribution in [2.75, 3.05) is 0 Å². The summed E-state index contributed by atoms with van der Waals surface area (Å²) in [5.74, 6) is 3.38. The van der Waals surface area contributed by atoms with Crippen molar-refractivity contribution in [3.05, 3.63) is 48.0 Å². The first-order chi connectivity index (χ1) is 7.34. The van der Waals surface area contributed by atoms with Gasteiger partial charge in [-0.15, -0.1) is 0 Å². The molecule has 0 amide bonds. The summed E-state index contributed by atoms with van der Waals surface area (Å²) in [4.78, 5) is 0. The predicted molar refractivity (Wildman–Crippen MR) is 63.7 cm³/mol. The van der Waals surface area contributed by atoms with Crippen LogP contribution in [0.3, 0.4) is 0 Å². The maximum Gasteiger partial charge on any atom is -0.0156 e. The Hall–Kier alpha value is -1.04. The van der Waals surface area contributed by atoms with E-state index in [4.69, 9.17) is 0 Å². The van der Waals surface area contributed by atoms with Crippen LogP contribution in [0.25, 0.3) is 0 Å². The Morgan fingerprint density at radius 2 is 1.87 bits per heavy atom. The number of hydrogen-bond acceptors (Lipinski definition) is 0. The maximum atomic E-state index is 2.46. The SMILES string of the molecule is CC(c1ccccc1)C1CC2C=CC1C2. The van der Waals surface area contributed by atoms with Gasteiger partial charge in [0.1, 0.15) is 0 Å². The van der Waals surface area contributed by atoms with Crippen molar-refractivity contribution in [1.82, 2.24) is 0 Å². The van der Waals surface area contributed by atoms with Crippen LogP contribution < -0.4 is 0 Å². The van der Waals surface area contributed by atoms with Crippen molar-refractivity contribution in [1.29, 1.82) is 0 Å². The number of hydrogen-bond donors (Lipinski definition) is 0. The van der Waals surface area contributed by atoms with Crippen LogP contribution in [-0.4, -0.2) is 0 Å². The Bertz CT molecular complexity index is 363. The molecule has 1 fully saturated rings. The van der Waals surface area contributed by atoms with Gasteiger partial charge in [-0.25, -0.2) is 0 Å². The van der Waals surface area contributed by atoms with Crippen LogP contribution >= 0.6 is 0 Å². The zero-order valence-electron chi connectivity index (χ0n) is 9.27. The third-order valence-corrected chi connectivity index (χ3v) is 4.30. The van der Waals surface area contributed by atoms with Crippen molar-refractivity contribution in [2.24, 2.45) is 17.8 Å². The first kappa shape index (κ1) is 9.21. The quantitative estimate of drug-likeness (QED) is 0.630. The lowest BCUT2D eigenvalue weighted by molar-refractivity contribution is 0.382. The summed E-state index contributed by atoms with van der Waals surface area (Å²) in [5.41, 5.74) is 1.52. The zero-order chi connectivity index (χ0) is 10.3. The van der Waals surface area contributed by atoms with E-state index in [2.05, 4.69) is 49.4 Å². The maximum absolute atomic E-state index is 2.46. The monoisotopic (exact) mass is 198 g/mol. The second-order valence-electron chi connectivity index (χ2n) is 5.14. The van der Waals surface area contributed by atoms with Crippen LogP contribution in [0, 0.1) is 17.8 Å². The van der Waals surface area contributed by atoms with Crippen molar-refractivity contribution < 1.29 is 0 Å². The van der Waals surface area contributed by atoms with Crippen LogP contribution in [-0.2, 0) is 0 Å². The van der Waals surface area contributed by atoms with Gasteiger partial charge in [-0.3, -0.25) is 0 Å². The Balaban J connectivity index is 1.81. The van der Waals surface area contributed by atoms with Gasteiger partial charge in [0, 0.05) is 0 Å². The minimum Gasteiger partial charge on any atom is -0.0851 e. The van der Waals surface area contributed by atoms with Crippen LogP contribution in [0.5, 0.6) is 0 Å². The van der Waals surface area contributed by atoms with E-state index in [-0.39, 0.29) is 0 Å². The zero-order valence-corrected chi connectivity index (χ0v) is 9.27. The first-order valence-corrected chi connectivity index (χ1v) is 6.08. The number of fused-ring (bicyclic) bond motifs is 2. The lowest BCUT2D eigenvalue weighted by Crippen LogP contribution is -2.14. The Morgan fingerprint density at radius 1 is 1.07 bits per heavy atom. The summed E-state index contributed by atoms with van der Waals surface area (Å²) < 4.78 is 0. The molecule has 2 bridgehead atoms. The highest BCUT2D eigenvalue weighted by molar-refractivity contribution is 5.23. The molecule has 2 aliphatic rings. The Labute approximate surface area is 92.0 Å².